The van der Waals surface area contributed by atoms with Gasteiger partial charge in [-0.2, -0.15) is 0 Å². The van der Waals surface area contributed by atoms with E-state index >= 15 is 0 Å². The molecule has 0 unspecified atom stereocenters. The monoisotopic (exact) mass is 199 g/mol. The highest BCUT2D eigenvalue weighted by atomic mass is 16.5. The minimum Gasteiger partial charge on any atom is -0.508 e. The van der Waals surface area contributed by atoms with Crippen molar-refractivity contribution in [2.24, 2.45) is 5.73 Å². The molecule has 0 aromatic heterocycles. The highest BCUT2D eigenvalue weighted by Gasteiger charge is 1.82. The normalized spacial score (nSPS) is 10.3. The van der Waals surface area contributed by atoms with Crippen molar-refractivity contribution >= 4 is 6.09 Å². The first kappa shape index (κ1) is 14.8. The van der Waals surface area contributed by atoms with Crippen LogP contribution in [-0.2, 0) is 4.74 Å². The molecule has 0 aromatic rings. The van der Waals surface area contributed by atoms with E-state index in [1.54, 1.807) is 19.1 Å². The summed E-state index contributed by atoms with van der Waals surface area (Å²) in [4.78, 5) is 9.60. The molecule has 4 heteroatoms. The number of amides is 1. The number of rotatable bonds is 3. The maximum atomic E-state index is 9.60. The van der Waals surface area contributed by atoms with Gasteiger partial charge in [-0.05, 0) is 26.0 Å². The van der Waals surface area contributed by atoms with Gasteiger partial charge in [0.05, 0.1) is 6.61 Å². The first-order valence-corrected chi connectivity index (χ1v) is 4.15. The van der Waals surface area contributed by atoms with Gasteiger partial charge in [-0.25, -0.2) is 4.79 Å². The van der Waals surface area contributed by atoms with Crippen molar-refractivity contribution in [1.29, 1.82) is 0 Å². The lowest BCUT2D eigenvalue weighted by Crippen LogP contribution is -2.11. The van der Waals surface area contributed by atoms with Crippen molar-refractivity contribution in [3.63, 3.8) is 0 Å². The standard InChI is InChI=1S/C7H10O.C3H7NO2/c1-3-5-6-7(8)4-2;1-2-6-3(4)5/h3-6,8H,2H2,1H3;2H2,1H3,(H2,4,5)/b5-3+,7-6+;. The minimum absolute atomic E-state index is 0.197. The Morgan fingerprint density at radius 3 is 2.43 bits per heavy atom. The average molecular weight is 199 g/mol. The molecule has 80 valence electrons. The Balaban J connectivity index is 0. The van der Waals surface area contributed by atoms with E-state index in [0.717, 1.165) is 0 Å². The van der Waals surface area contributed by atoms with Gasteiger partial charge in [0.15, 0.2) is 0 Å². The molecular formula is C10H17NO3. The van der Waals surface area contributed by atoms with Crippen LogP contribution >= 0.6 is 0 Å². The van der Waals surface area contributed by atoms with Gasteiger partial charge in [-0.15, -0.1) is 0 Å². The van der Waals surface area contributed by atoms with Gasteiger partial charge in [0.25, 0.3) is 0 Å². The van der Waals surface area contributed by atoms with Gasteiger partial charge in [0, 0.05) is 0 Å². The van der Waals surface area contributed by atoms with E-state index in [2.05, 4.69) is 17.0 Å². The lowest BCUT2D eigenvalue weighted by atomic mass is 10.4. The van der Waals surface area contributed by atoms with Gasteiger partial charge in [-0.3, -0.25) is 0 Å². The first-order valence-electron chi connectivity index (χ1n) is 4.15. The fourth-order valence-corrected chi connectivity index (χ4v) is 0.405. The molecule has 0 spiro atoms. The molecule has 0 bridgehead atoms. The maximum absolute atomic E-state index is 9.60. The smallest absolute Gasteiger partial charge is 0.404 e. The summed E-state index contributed by atoms with van der Waals surface area (Å²) in [6.45, 7) is 7.30. The molecular weight excluding hydrogens is 182 g/mol. The third-order valence-corrected chi connectivity index (χ3v) is 0.955. The van der Waals surface area contributed by atoms with Gasteiger partial charge < -0.3 is 15.6 Å². The van der Waals surface area contributed by atoms with Gasteiger partial charge in [0.1, 0.15) is 5.76 Å². The molecule has 4 nitrogen and oxygen atoms in total. The van der Waals surface area contributed by atoms with Crippen molar-refractivity contribution in [3.8, 4) is 0 Å². The Morgan fingerprint density at radius 1 is 1.64 bits per heavy atom. The van der Waals surface area contributed by atoms with Crippen LogP contribution in [0.4, 0.5) is 4.79 Å². The Morgan fingerprint density at radius 2 is 2.21 bits per heavy atom. The lowest BCUT2D eigenvalue weighted by Gasteiger charge is -1.89. The molecule has 0 saturated heterocycles. The summed E-state index contributed by atoms with van der Waals surface area (Å²) >= 11 is 0. The lowest BCUT2D eigenvalue weighted by molar-refractivity contribution is 0.163. The number of carbonyl (C=O) groups excluding carboxylic acids is 1. The number of allylic oxidation sites excluding steroid dienone is 4. The third-order valence-electron chi connectivity index (χ3n) is 0.955. The van der Waals surface area contributed by atoms with Gasteiger partial charge in [-0.1, -0.05) is 18.7 Å². The summed E-state index contributed by atoms with van der Waals surface area (Å²) in [5.41, 5.74) is 4.54. The van der Waals surface area contributed by atoms with Crippen LogP contribution in [0.2, 0.25) is 0 Å². The van der Waals surface area contributed by atoms with E-state index in [4.69, 9.17) is 5.11 Å². The number of aliphatic hydroxyl groups is 1. The predicted molar refractivity (Wildman–Crippen MR) is 56.9 cm³/mol. The average Bonchev–Trinajstić information content (AvgIpc) is 2.15. The number of hydrogen-bond acceptors (Lipinski definition) is 3. The fourth-order valence-electron chi connectivity index (χ4n) is 0.405. The zero-order chi connectivity index (χ0) is 11.4. The van der Waals surface area contributed by atoms with Gasteiger partial charge >= 0.3 is 6.09 Å². The molecule has 14 heavy (non-hydrogen) atoms. The number of primary amides is 1. The molecule has 0 fully saturated rings. The number of aliphatic hydroxyl groups excluding tert-OH is 1. The van der Waals surface area contributed by atoms with E-state index in [1.807, 2.05) is 13.0 Å². The summed E-state index contributed by atoms with van der Waals surface area (Å²) in [5, 5.41) is 8.68. The molecule has 0 radical (unpaired) electrons. The molecule has 0 aliphatic heterocycles. The van der Waals surface area contributed by atoms with Crippen LogP contribution in [0.3, 0.4) is 0 Å². The summed E-state index contributed by atoms with van der Waals surface area (Å²) in [5.74, 6) is 0.197. The zero-order valence-corrected chi connectivity index (χ0v) is 8.56. The van der Waals surface area contributed by atoms with Crippen LogP contribution in [-0.4, -0.2) is 17.8 Å². The summed E-state index contributed by atoms with van der Waals surface area (Å²) < 4.78 is 4.18. The second-order valence-electron chi connectivity index (χ2n) is 2.07. The van der Waals surface area contributed by atoms with E-state index in [0.29, 0.717) is 6.61 Å². The second kappa shape index (κ2) is 11.3. The molecule has 0 aliphatic carbocycles. The number of hydrogen-bond donors (Lipinski definition) is 2. The van der Waals surface area contributed by atoms with Crippen molar-refractivity contribution in [2.45, 2.75) is 13.8 Å². The summed E-state index contributed by atoms with van der Waals surface area (Å²) in [7, 11) is 0. The van der Waals surface area contributed by atoms with E-state index in [1.165, 1.54) is 6.08 Å². The summed E-state index contributed by atoms with van der Waals surface area (Å²) in [6.07, 6.45) is 5.83. The Hall–Kier alpha value is -1.71. The molecule has 0 aromatic carbocycles. The van der Waals surface area contributed by atoms with Crippen LogP contribution in [0.15, 0.2) is 36.6 Å². The molecule has 0 atom stereocenters. The SMILES string of the molecule is C=C/C(O)=C\C=C\C.CCOC(N)=O. The number of carbonyl (C=O) groups is 1. The Kier molecular flexibility index (Phi) is 11.9. The van der Waals surface area contributed by atoms with Crippen LogP contribution in [0.25, 0.3) is 0 Å². The van der Waals surface area contributed by atoms with E-state index in [9.17, 15) is 4.79 Å². The second-order valence-corrected chi connectivity index (χ2v) is 2.07. The molecule has 1 amide bonds. The van der Waals surface area contributed by atoms with Crippen molar-refractivity contribution < 1.29 is 14.6 Å². The van der Waals surface area contributed by atoms with Crippen molar-refractivity contribution in [3.05, 3.63) is 36.6 Å². The highest BCUT2D eigenvalue weighted by molar-refractivity contribution is 5.64. The van der Waals surface area contributed by atoms with Gasteiger partial charge in [0.2, 0.25) is 0 Å². The highest BCUT2D eigenvalue weighted by Crippen LogP contribution is 1.87. The third kappa shape index (κ3) is 16.7. The first-order chi connectivity index (χ1) is 6.58. The number of nitrogens with two attached hydrogens (primary N) is 1. The van der Waals surface area contributed by atoms with Crippen LogP contribution in [0, 0.1) is 0 Å². The maximum Gasteiger partial charge on any atom is 0.404 e. The van der Waals surface area contributed by atoms with Crippen LogP contribution in [0.1, 0.15) is 13.8 Å². The number of ether oxygens (including phenoxy) is 1. The fraction of sp³-hybridized carbons (Fsp3) is 0.300. The molecule has 0 aliphatic rings. The topological polar surface area (TPSA) is 72.6 Å². The predicted octanol–water partition coefficient (Wildman–Crippen LogP) is 2.29. The molecule has 0 rings (SSSR count). The van der Waals surface area contributed by atoms with Crippen LogP contribution < -0.4 is 5.73 Å². The Bertz CT molecular complexity index is 219. The van der Waals surface area contributed by atoms with E-state index in [-0.39, 0.29) is 5.76 Å². The van der Waals surface area contributed by atoms with E-state index < -0.39 is 6.09 Å². The molecule has 0 heterocycles. The van der Waals surface area contributed by atoms with Crippen LogP contribution in [0.5, 0.6) is 0 Å². The molecule has 3 N–H and O–H groups in total. The van der Waals surface area contributed by atoms with Crippen molar-refractivity contribution in [2.75, 3.05) is 6.61 Å². The molecule has 0 saturated carbocycles. The quantitative estimate of drug-likeness (QED) is 0.541. The minimum atomic E-state index is -0.711. The van der Waals surface area contributed by atoms with Crippen molar-refractivity contribution in [1.82, 2.24) is 0 Å². The zero-order valence-electron chi connectivity index (χ0n) is 8.56. The Labute approximate surface area is 84.4 Å². The summed E-state index contributed by atoms with van der Waals surface area (Å²) in [6, 6.07) is 0. The largest absolute Gasteiger partial charge is 0.508 e.